The van der Waals surface area contributed by atoms with Crippen molar-refractivity contribution in [3.8, 4) is 0 Å². The van der Waals surface area contributed by atoms with Gasteiger partial charge in [0.05, 0.1) is 0 Å². The maximum absolute atomic E-state index is 12.6. The largest absolute Gasteiger partial charge is 0.367 e. The number of carbonyl (C=O) groups is 1. The molecule has 0 spiro atoms. The van der Waals surface area contributed by atoms with Crippen molar-refractivity contribution in [1.29, 1.82) is 0 Å². The fraction of sp³-hybridized carbons (Fsp3) is 0.565. The molecule has 2 aromatic heterocycles. The molecule has 160 valence electrons. The van der Waals surface area contributed by atoms with Crippen LogP contribution < -0.4 is 10.2 Å². The van der Waals surface area contributed by atoms with Crippen LogP contribution in [0.25, 0.3) is 0 Å². The van der Waals surface area contributed by atoms with Gasteiger partial charge in [-0.15, -0.1) is 0 Å². The van der Waals surface area contributed by atoms with Crippen molar-refractivity contribution in [2.45, 2.75) is 51.0 Å². The summed E-state index contributed by atoms with van der Waals surface area (Å²) in [5, 5.41) is 3.45. The minimum Gasteiger partial charge on any atom is -0.367 e. The van der Waals surface area contributed by atoms with Crippen LogP contribution in [0.15, 0.2) is 36.9 Å². The minimum atomic E-state index is 0.235. The molecule has 0 unspecified atom stereocenters. The van der Waals surface area contributed by atoms with Crippen LogP contribution in [-0.4, -0.2) is 58.5 Å². The molecule has 1 aliphatic carbocycles. The van der Waals surface area contributed by atoms with Crippen molar-refractivity contribution in [3.63, 3.8) is 0 Å². The van der Waals surface area contributed by atoms with E-state index in [-0.39, 0.29) is 5.91 Å². The Labute approximate surface area is 178 Å². The maximum atomic E-state index is 12.6. The van der Waals surface area contributed by atoms with E-state index in [0.29, 0.717) is 18.4 Å². The van der Waals surface area contributed by atoms with Gasteiger partial charge in [-0.2, -0.15) is 0 Å². The Balaban J connectivity index is 1.23. The molecular weight excluding hydrogens is 376 g/mol. The standard InChI is InChI=1S/C23H32N6O/c1-28(14-10-18-8-11-24-12-9-18)23(30)7-4-19-3-2-13-29(16-19)22-15-21(25-17-26-22)27-20-5-6-20/h8-9,11-12,15,17,19-20H,2-7,10,13-14,16H2,1H3,(H,25,26,27)/t19-/m1/s1. The number of hydrogen-bond donors (Lipinski definition) is 1. The zero-order valence-electron chi connectivity index (χ0n) is 17.8. The van der Waals surface area contributed by atoms with Gasteiger partial charge in [0.15, 0.2) is 0 Å². The van der Waals surface area contributed by atoms with Gasteiger partial charge in [0.1, 0.15) is 18.0 Å². The Morgan fingerprint density at radius 3 is 2.87 bits per heavy atom. The normalized spacial score (nSPS) is 18.8. The van der Waals surface area contributed by atoms with Crippen molar-refractivity contribution in [2.24, 2.45) is 5.92 Å². The summed E-state index contributed by atoms with van der Waals surface area (Å²) in [5.41, 5.74) is 1.22. The molecule has 30 heavy (non-hydrogen) atoms. The SMILES string of the molecule is CN(CCc1ccncc1)C(=O)CC[C@H]1CCCN(c2cc(NC3CC3)ncn2)C1. The number of nitrogens with one attached hydrogen (secondary N) is 1. The summed E-state index contributed by atoms with van der Waals surface area (Å²) in [7, 11) is 1.91. The number of pyridine rings is 1. The van der Waals surface area contributed by atoms with Gasteiger partial charge < -0.3 is 15.1 Å². The second-order valence-electron chi connectivity index (χ2n) is 8.59. The van der Waals surface area contributed by atoms with Crippen molar-refractivity contribution >= 4 is 17.5 Å². The molecule has 1 N–H and O–H groups in total. The number of anilines is 2. The Morgan fingerprint density at radius 2 is 2.07 bits per heavy atom. The first-order valence-electron chi connectivity index (χ1n) is 11.1. The highest BCUT2D eigenvalue weighted by Gasteiger charge is 2.24. The summed E-state index contributed by atoms with van der Waals surface area (Å²) >= 11 is 0. The third kappa shape index (κ3) is 5.90. The smallest absolute Gasteiger partial charge is 0.222 e. The maximum Gasteiger partial charge on any atom is 0.222 e. The predicted molar refractivity (Wildman–Crippen MR) is 118 cm³/mol. The summed E-state index contributed by atoms with van der Waals surface area (Å²) < 4.78 is 0. The summed E-state index contributed by atoms with van der Waals surface area (Å²) in [6, 6.07) is 6.67. The highest BCUT2D eigenvalue weighted by molar-refractivity contribution is 5.75. The highest BCUT2D eigenvalue weighted by atomic mass is 16.2. The van der Waals surface area contributed by atoms with E-state index < -0.39 is 0 Å². The van der Waals surface area contributed by atoms with Gasteiger partial charge >= 0.3 is 0 Å². The Bertz CT molecular complexity index is 825. The first-order valence-corrected chi connectivity index (χ1v) is 11.1. The highest BCUT2D eigenvalue weighted by Crippen LogP contribution is 2.28. The molecule has 3 heterocycles. The summed E-state index contributed by atoms with van der Waals surface area (Å²) in [6.07, 6.45) is 12.5. The lowest BCUT2D eigenvalue weighted by molar-refractivity contribution is -0.130. The van der Waals surface area contributed by atoms with Crippen LogP contribution in [0.5, 0.6) is 0 Å². The van der Waals surface area contributed by atoms with E-state index in [1.54, 1.807) is 18.7 Å². The second kappa shape index (κ2) is 9.87. The molecule has 7 heteroatoms. The molecule has 0 bridgehead atoms. The summed E-state index contributed by atoms with van der Waals surface area (Å²) in [5.74, 6) is 2.69. The lowest BCUT2D eigenvalue weighted by Crippen LogP contribution is -2.37. The lowest BCUT2D eigenvalue weighted by Gasteiger charge is -2.34. The van der Waals surface area contributed by atoms with Crippen LogP contribution in [0.3, 0.4) is 0 Å². The number of likely N-dealkylation sites (N-methyl/N-ethyl adjacent to an activating group) is 1. The van der Waals surface area contributed by atoms with Gasteiger partial charge in [-0.3, -0.25) is 9.78 Å². The monoisotopic (exact) mass is 408 g/mol. The molecule has 1 saturated heterocycles. The Kier molecular flexibility index (Phi) is 6.77. The molecule has 1 amide bonds. The van der Waals surface area contributed by atoms with Crippen LogP contribution in [0, 0.1) is 5.92 Å². The number of rotatable bonds is 9. The number of hydrogen-bond acceptors (Lipinski definition) is 6. The quantitative estimate of drug-likeness (QED) is 0.687. The van der Waals surface area contributed by atoms with Gasteiger partial charge in [0, 0.05) is 57.6 Å². The fourth-order valence-electron chi connectivity index (χ4n) is 4.03. The summed E-state index contributed by atoms with van der Waals surface area (Å²) in [4.78, 5) is 29.7. The molecule has 0 radical (unpaired) electrons. The molecule has 1 aliphatic heterocycles. The number of nitrogens with zero attached hydrogens (tertiary/aromatic N) is 5. The minimum absolute atomic E-state index is 0.235. The van der Waals surface area contributed by atoms with Gasteiger partial charge in [-0.05, 0) is 62.1 Å². The molecule has 2 fully saturated rings. The summed E-state index contributed by atoms with van der Waals surface area (Å²) in [6.45, 7) is 2.74. The van der Waals surface area contributed by atoms with Crippen LogP contribution in [0.1, 0.15) is 44.1 Å². The molecule has 1 atom stereocenters. The van der Waals surface area contributed by atoms with E-state index in [2.05, 4.69) is 31.2 Å². The van der Waals surface area contributed by atoms with E-state index >= 15 is 0 Å². The van der Waals surface area contributed by atoms with Gasteiger partial charge in [-0.1, -0.05) is 0 Å². The van der Waals surface area contributed by atoms with E-state index in [1.807, 2.05) is 24.1 Å². The van der Waals surface area contributed by atoms with Crippen molar-refractivity contribution in [2.75, 3.05) is 36.9 Å². The third-order valence-electron chi connectivity index (χ3n) is 6.10. The molecule has 2 aromatic rings. The first-order chi connectivity index (χ1) is 14.7. The third-order valence-corrected chi connectivity index (χ3v) is 6.10. The molecular formula is C23H32N6O. The van der Waals surface area contributed by atoms with Crippen LogP contribution in [0.4, 0.5) is 11.6 Å². The fourth-order valence-corrected chi connectivity index (χ4v) is 4.03. The van der Waals surface area contributed by atoms with Crippen LogP contribution in [-0.2, 0) is 11.2 Å². The molecule has 7 nitrogen and oxygen atoms in total. The predicted octanol–water partition coefficient (Wildman–Crippen LogP) is 3.14. The first kappa shape index (κ1) is 20.6. The van der Waals surface area contributed by atoms with Crippen molar-refractivity contribution in [1.82, 2.24) is 19.9 Å². The topological polar surface area (TPSA) is 74.2 Å². The van der Waals surface area contributed by atoms with E-state index in [1.165, 1.54) is 24.8 Å². The van der Waals surface area contributed by atoms with E-state index in [9.17, 15) is 4.79 Å². The zero-order valence-corrected chi connectivity index (χ0v) is 17.8. The average molecular weight is 409 g/mol. The lowest BCUT2D eigenvalue weighted by atomic mass is 9.93. The van der Waals surface area contributed by atoms with Crippen molar-refractivity contribution in [3.05, 3.63) is 42.5 Å². The van der Waals surface area contributed by atoms with E-state index in [0.717, 1.165) is 50.5 Å². The average Bonchev–Trinajstić information content (AvgIpc) is 3.61. The van der Waals surface area contributed by atoms with Gasteiger partial charge in [0.2, 0.25) is 5.91 Å². The molecule has 0 aromatic carbocycles. The van der Waals surface area contributed by atoms with Crippen LogP contribution in [0.2, 0.25) is 0 Å². The van der Waals surface area contributed by atoms with Crippen molar-refractivity contribution < 1.29 is 4.79 Å². The molecule has 2 aliphatic rings. The number of amides is 1. The number of piperidine rings is 1. The Hall–Kier alpha value is -2.70. The number of aromatic nitrogens is 3. The molecule has 1 saturated carbocycles. The second-order valence-corrected chi connectivity index (χ2v) is 8.59. The van der Waals surface area contributed by atoms with Gasteiger partial charge in [0.25, 0.3) is 0 Å². The number of carbonyl (C=O) groups excluding carboxylic acids is 1. The van der Waals surface area contributed by atoms with Crippen LogP contribution >= 0.6 is 0 Å². The van der Waals surface area contributed by atoms with Gasteiger partial charge in [-0.25, -0.2) is 9.97 Å². The van der Waals surface area contributed by atoms with E-state index in [4.69, 9.17) is 0 Å². The zero-order chi connectivity index (χ0) is 20.8. The Morgan fingerprint density at radius 1 is 1.23 bits per heavy atom. The molecule has 4 rings (SSSR count).